The lowest BCUT2D eigenvalue weighted by Crippen LogP contribution is -2.08. The van der Waals surface area contributed by atoms with Gasteiger partial charge in [0.25, 0.3) is 0 Å². The van der Waals surface area contributed by atoms with Gasteiger partial charge in [-0.2, -0.15) is 13.2 Å². The van der Waals surface area contributed by atoms with Crippen LogP contribution < -0.4 is 4.74 Å². The molecule has 2 aromatic heterocycles. The number of ether oxygens (including phenoxy) is 2. The number of esters is 1. The van der Waals surface area contributed by atoms with Gasteiger partial charge in [0.15, 0.2) is 0 Å². The number of carbonyl (C=O) groups is 1. The summed E-state index contributed by atoms with van der Waals surface area (Å²) in [4.78, 5) is 20.7. The highest BCUT2D eigenvalue weighted by Gasteiger charge is 2.33. The summed E-state index contributed by atoms with van der Waals surface area (Å²) in [6.45, 7) is 1.93. The predicted octanol–water partition coefficient (Wildman–Crippen LogP) is 5.46. The number of benzene rings is 1. The van der Waals surface area contributed by atoms with E-state index in [1.807, 2.05) is 0 Å². The van der Waals surface area contributed by atoms with Gasteiger partial charge in [0.05, 0.1) is 19.4 Å². The summed E-state index contributed by atoms with van der Waals surface area (Å²) in [6.07, 6.45) is -4.57. The van der Waals surface area contributed by atoms with Gasteiger partial charge in [0, 0.05) is 16.3 Å². The highest BCUT2D eigenvalue weighted by Crippen LogP contribution is 2.39. The first-order valence-corrected chi connectivity index (χ1v) is 10.0. The van der Waals surface area contributed by atoms with Gasteiger partial charge in [-0.3, -0.25) is 0 Å². The fourth-order valence-electron chi connectivity index (χ4n) is 2.61. The second kappa shape index (κ2) is 8.04. The van der Waals surface area contributed by atoms with Crippen LogP contribution in [0.1, 0.15) is 28.0 Å². The Morgan fingerprint density at radius 1 is 1.21 bits per heavy atom. The fraction of sp³-hybridized carbons (Fsp3) is 0.278. The Kier molecular flexibility index (Phi) is 5.90. The van der Waals surface area contributed by atoms with Crippen molar-refractivity contribution in [3.63, 3.8) is 0 Å². The van der Waals surface area contributed by atoms with Crippen LogP contribution in [0.2, 0.25) is 0 Å². The lowest BCUT2D eigenvalue weighted by molar-refractivity contribution is -0.140. The molecule has 0 spiro atoms. The number of carbonyl (C=O) groups excluding carboxylic acids is 1. The molecule has 0 radical (unpaired) electrons. The number of fused-ring (bicyclic) bond motifs is 1. The molecule has 0 saturated heterocycles. The van der Waals surface area contributed by atoms with Gasteiger partial charge in [0.2, 0.25) is 0 Å². The molecule has 2 heterocycles. The van der Waals surface area contributed by atoms with Crippen molar-refractivity contribution in [2.45, 2.75) is 18.4 Å². The van der Waals surface area contributed by atoms with Crippen molar-refractivity contribution in [3.8, 4) is 16.3 Å². The Morgan fingerprint density at radius 3 is 2.57 bits per heavy atom. The number of hydrogen-bond donors (Lipinski definition) is 0. The summed E-state index contributed by atoms with van der Waals surface area (Å²) in [5.41, 5.74) is 0.119. The number of alkyl halides is 4. The van der Waals surface area contributed by atoms with Crippen molar-refractivity contribution >= 4 is 44.1 Å². The molecule has 0 fully saturated rings. The van der Waals surface area contributed by atoms with Crippen molar-refractivity contribution in [3.05, 3.63) is 40.5 Å². The zero-order valence-corrected chi connectivity index (χ0v) is 17.2. The summed E-state index contributed by atoms with van der Waals surface area (Å²) in [7, 11) is 1.36. The van der Waals surface area contributed by atoms with Gasteiger partial charge in [-0.1, -0.05) is 15.9 Å². The van der Waals surface area contributed by atoms with E-state index in [9.17, 15) is 18.0 Å². The average Bonchev–Trinajstić information content (AvgIpc) is 3.10. The monoisotopic (exact) mass is 474 g/mol. The largest absolute Gasteiger partial charge is 0.494 e. The van der Waals surface area contributed by atoms with Crippen LogP contribution in [0.4, 0.5) is 13.2 Å². The fourth-order valence-corrected chi connectivity index (χ4v) is 4.22. The topological polar surface area (TPSA) is 61.3 Å². The molecular weight excluding hydrogens is 461 g/mol. The van der Waals surface area contributed by atoms with E-state index in [-0.39, 0.29) is 17.9 Å². The van der Waals surface area contributed by atoms with E-state index >= 15 is 0 Å². The molecule has 10 heteroatoms. The lowest BCUT2D eigenvalue weighted by Gasteiger charge is -2.11. The van der Waals surface area contributed by atoms with Crippen LogP contribution in [0.25, 0.3) is 21.5 Å². The number of methoxy groups -OCH3 is 1. The number of nitrogens with zero attached hydrogens (tertiary/aromatic N) is 2. The molecular formula is C18H14BrF3N2O3S. The van der Waals surface area contributed by atoms with Crippen LogP contribution in [0, 0.1) is 0 Å². The molecule has 0 aliphatic rings. The van der Waals surface area contributed by atoms with Gasteiger partial charge in [-0.05, 0) is 31.2 Å². The number of halogens is 4. The number of thiazole rings is 1. The summed E-state index contributed by atoms with van der Waals surface area (Å²) in [6, 6.07) is 5.46. The number of aromatic nitrogens is 2. The average molecular weight is 475 g/mol. The Balaban J connectivity index is 2.20. The van der Waals surface area contributed by atoms with Crippen LogP contribution in [-0.2, 0) is 16.2 Å². The van der Waals surface area contributed by atoms with Crippen molar-refractivity contribution < 1.29 is 27.4 Å². The number of hydrogen-bond acceptors (Lipinski definition) is 6. The van der Waals surface area contributed by atoms with E-state index in [0.29, 0.717) is 31.9 Å². The quantitative estimate of drug-likeness (QED) is 0.363. The first-order valence-electron chi connectivity index (χ1n) is 8.08. The lowest BCUT2D eigenvalue weighted by atomic mass is 10.1. The third-order valence-corrected chi connectivity index (χ3v) is 5.49. The van der Waals surface area contributed by atoms with Crippen LogP contribution in [0.5, 0.6) is 5.75 Å². The van der Waals surface area contributed by atoms with Crippen LogP contribution >= 0.6 is 27.3 Å². The summed E-state index contributed by atoms with van der Waals surface area (Å²) in [5.74, 6) is -0.274. The maximum atomic E-state index is 13.1. The van der Waals surface area contributed by atoms with E-state index < -0.39 is 17.8 Å². The van der Waals surface area contributed by atoms with Gasteiger partial charge >= 0.3 is 12.1 Å². The highest BCUT2D eigenvalue weighted by molar-refractivity contribution is 9.08. The third kappa shape index (κ3) is 3.83. The zero-order valence-electron chi connectivity index (χ0n) is 14.8. The molecule has 0 saturated carbocycles. The molecule has 0 N–H and O–H groups in total. The minimum absolute atomic E-state index is 0.0723. The zero-order chi connectivity index (χ0) is 20.5. The minimum Gasteiger partial charge on any atom is -0.494 e. The first kappa shape index (κ1) is 20.5. The predicted molar refractivity (Wildman–Crippen MR) is 103 cm³/mol. The normalized spacial score (nSPS) is 11.6. The van der Waals surface area contributed by atoms with E-state index in [0.717, 1.165) is 17.4 Å². The van der Waals surface area contributed by atoms with Crippen molar-refractivity contribution in [1.29, 1.82) is 0 Å². The summed E-state index contributed by atoms with van der Waals surface area (Å²) >= 11 is 4.41. The molecule has 0 atom stereocenters. The van der Waals surface area contributed by atoms with E-state index in [1.165, 1.54) is 19.2 Å². The maximum absolute atomic E-state index is 13.1. The van der Waals surface area contributed by atoms with Gasteiger partial charge in [-0.25, -0.2) is 14.8 Å². The van der Waals surface area contributed by atoms with Crippen LogP contribution in [-0.4, -0.2) is 29.7 Å². The molecule has 148 valence electrons. The highest BCUT2D eigenvalue weighted by atomic mass is 79.9. The van der Waals surface area contributed by atoms with Gasteiger partial charge in [-0.15, -0.1) is 11.3 Å². The van der Waals surface area contributed by atoms with E-state index in [2.05, 4.69) is 25.9 Å². The minimum atomic E-state index is -4.57. The van der Waals surface area contributed by atoms with E-state index in [4.69, 9.17) is 9.47 Å². The van der Waals surface area contributed by atoms with Gasteiger partial charge in [0.1, 0.15) is 26.8 Å². The van der Waals surface area contributed by atoms with E-state index in [1.54, 1.807) is 13.0 Å². The molecule has 0 bridgehead atoms. The first-order chi connectivity index (χ1) is 13.3. The maximum Gasteiger partial charge on any atom is 0.433 e. The third-order valence-electron chi connectivity index (χ3n) is 3.85. The smallest absolute Gasteiger partial charge is 0.433 e. The number of pyridine rings is 1. The molecule has 0 aliphatic heterocycles. The van der Waals surface area contributed by atoms with Crippen LogP contribution in [0.3, 0.4) is 0 Å². The standard InChI is InChI=1S/C18H14BrF3N2O3S/c1-3-27-17(25)15-11(8-19)23-16(28-15)10-4-6-12(26-2)14-9(10)5-7-13(24-14)18(20,21)22/h4-7H,3,8H2,1-2H3. The number of rotatable bonds is 5. The summed E-state index contributed by atoms with van der Waals surface area (Å²) in [5, 5.41) is 1.26. The molecule has 3 aromatic rings. The van der Waals surface area contributed by atoms with Crippen molar-refractivity contribution in [1.82, 2.24) is 9.97 Å². The second-order valence-electron chi connectivity index (χ2n) is 5.55. The van der Waals surface area contributed by atoms with Crippen molar-refractivity contribution in [2.75, 3.05) is 13.7 Å². The molecule has 3 rings (SSSR count). The molecule has 0 unspecified atom stereocenters. The van der Waals surface area contributed by atoms with Gasteiger partial charge < -0.3 is 9.47 Å². The second-order valence-corrected chi connectivity index (χ2v) is 7.11. The molecule has 0 aliphatic carbocycles. The van der Waals surface area contributed by atoms with Crippen LogP contribution in [0.15, 0.2) is 24.3 Å². The molecule has 1 aromatic carbocycles. The Hall–Kier alpha value is -2.20. The molecule has 28 heavy (non-hydrogen) atoms. The SMILES string of the molecule is CCOC(=O)c1sc(-c2ccc(OC)c3nc(C(F)(F)F)ccc23)nc1CBr. The Labute approximate surface area is 170 Å². The molecule has 0 amide bonds. The van der Waals surface area contributed by atoms with Crippen molar-refractivity contribution in [2.24, 2.45) is 0 Å². The Morgan fingerprint density at radius 2 is 1.96 bits per heavy atom. The Bertz CT molecular complexity index is 1040. The summed E-state index contributed by atoms with van der Waals surface area (Å²) < 4.78 is 49.4. The molecule has 5 nitrogen and oxygen atoms in total.